The van der Waals surface area contributed by atoms with E-state index >= 15 is 0 Å². The molecular formula is C17H26N3O2P. The molecule has 1 amide bonds. The minimum Gasteiger partial charge on any atom is -0.279 e. The van der Waals surface area contributed by atoms with Crippen molar-refractivity contribution in [2.75, 3.05) is 26.2 Å². The van der Waals surface area contributed by atoms with Crippen LogP contribution in [0.5, 0.6) is 0 Å². The largest absolute Gasteiger partial charge is 0.311 e. The fourth-order valence-electron chi connectivity index (χ4n) is 3.40. The molecule has 2 aliphatic rings. The van der Waals surface area contributed by atoms with Gasteiger partial charge in [0.1, 0.15) is 0 Å². The number of nitrogens with one attached hydrogen (secondary N) is 1. The molecule has 0 bridgehead atoms. The summed E-state index contributed by atoms with van der Waals surface area (Å²) in [6.45, 7) is 3.23. The van der Waals surface area contributed by atoms with Gasteiger partial charge in [-0.05, 0) is 37.8 Å². The number of hydrogen-bond acceptors (Lipinski definition) is 2. The Bertz CT molecular complexity index is 544. The van der Waals surface area contributed by atoms with E-state index in [9.17, 15) is 9.36 Å². The maximum absolute atomic E-state index is 13.8. The minimum atomic E-state index is -3.02. The first kappa shape index (κ1) is 16.7. The molecule has 1 aromatic rings. The van der Waals surface area contributed by atoms with E-state index in [4.69, 9.17) is 0 Å². The third-order valence-electron chi connectivity index (χ3n) is 4.71. The third kappa shape index (κ3) is 3.85. The van der Waals surface area contributed by atoms with Gasteiger partial charge in [0.05, 0.1) is 0 Å². The van der Waals surface area contributed by atoms with E-state index in [-0.39, 0.29) is 5.91 Å². The average Bonchev–Trinajstić information content (AvgIpc) is 2.64. The lowest BCUT2D eigenvalue weighted by molar-refractivity contribution is 0.0972. The molecule has 2 fully saturated rings. The van der Waals surface area contributed by atoms with Gasteiger partial charge in [0.25, 0.3) is 5.91 Å². The predicted molar refractivity (Wildman–Crippen MR) is 92.4 cm³/mol. The van der Waals surface area contributed by atoms with Gasteiger partial charge in [0, 0.05) is 31.7 Å². The monoisotopic (exact) mass is 335 g/mol. The van der Waals surface area contributed by atoms with Crippen molar-refractivity contribution in [3.63, 3.8) is 0 Å². The lowest BCUT2D eigenvalue weighted by Crippen LogP contribution is -2.44. The van der Waals surface area contributed by atoms with Gasteiger partial charge in [-0.1, -0.05) is 31.0 Å². The molecule has 0 atom stereocenters. The van der Waals surface area contributed by atoms with Gasteiger partial charge in [-0.15, -0.1) is 0 Å². The normalized spacial score (nSPS) is 21.0. The summed E-state index contributed by atoms with van der Waals surface area (Å²) in [6.07, 6.45) is 6.59. The van der Waals surface area contributed by atoms with Crippen LogP contribution in [0.15, 0.2) is 30.3 Å². The Balaban J connectivity index is 1.82. The first-order valence-electron chi connectivity index (χ1n) is 8.69. The van der Waals surface area contributed by atoms with E-state index in [1.807, 2.05) is 27.5 Å². The summed E-state index contributed by atoms with van der Waals surface area (Å²) in [4.78, 5) is 12.6. The van der Waals surface area contributed by atoms with Crippen LogP contribution in [0.25, 0.3) is 0 Å². The zero-order valence-corrected chi connectivity index (χ0v) is 14.5. The van der Waals surface area contributed by atoms with Crippen LogP contribution in [0.4, 0.5) is 0 Å². The second-order valence-electron chi connectivity index (χ2n) is 6.38. The minimum absolute atomic E-state index is 0.231. The number of rotatable bonds is 4. The third-order valence-corrected chi connectivity index (χ3v) is 7.54. The van der Waals surface area contributed by atoms with Crippen LogP contribution in [0.3, 0.4) is 0 Å². The van der Waals surface area contributed by atoms with Crippen LogP contribution in [0.2, 0.25) is 0 Å². The van der Waals surface area contributed by atoms with Crippen molar-refractivity contribution in [2.24, 2.45) is 0 Å². The summed E-state index contributed by atoms with van der Waals surface area (Å²) in [5.41, 5.74) is 0.571. The van der Waals surface area contributed by atoms with Crippen molar-refractivity contribution in [3.8, 4) is 0 Å². The maximum atomic E-state index is 13.8. The van der Waals surface area contributed by atoms with Gasteiger partial charge in [0.2, 0.25) is 0 Å². The molecule has 0 aromatic heterocycles. The van der Waals surface area contributed by atoms with Crippen molar-refractivity contribution in [1.82, 2.24) is 14.4 Å². The van der Waals surface area contributed by atoms with E-state index < -0.39 is 7.59 Å². The second-order valence-corrected chi connectivity index (χ2v) is 8.82. The van der Waals surface area contributed by atoms with Crippen LogP contribution in [-0.4, -0.2) is 41.4 Å². The molecule has 6 heteroatoms. The topological polar surface area (TPSA) is 52.7 Å². The number of nitrogens with zero attached hydrogens (tertiary/aromatic N) is 2. The van der Waals surface area contributed by atoms with E-state index in [2.05, 4.69) is 5.09 Å². The molecule has 23 heavy (non-hydrogen) atoms. The molecule has 1 aromatic carbocycles. The quantitative estimate of drug-likeness (QED) is 0.856. The number of hydrogen-bond donors (Lipinski definition) is 1. The van der Waals surface area contributed by atoms with Crippen molar-refractivity contribution < 1.29 is 9.36 Å². The summed E-state index contributed by atoms with van der Waals surface area (Å²) in [7, 11) is -3.02. The van der Waals surface area contributed by atoms with Crippen molar-refractivity contribution in [2.45, 2.75) is 38.5 Å². The lowest BCUT2D eigenvalue weighted by atomic mass is 10.2. The number of piperidine rings is 2. The van der Waals surface area contributed by atoms with Crippen LogP contribution in [0, 0.1) is 0 Å². The van der Waals surface area contributed by atoms with Crippen LogP contribution < -0.4 is 5.09 Å². The molecule has 0 aliphatic carbocycles. The Morgan fingerprint density at radius 3 is 1.78 bits per heavy atom. The fourth-order valence-corrected chi connectivity index (χ4v) is 6.09. The van der Waals surface area contributed by atoms with E-state index in [0.717, 1.165) is 51.9 Å². The fraction of sp³-hybridized carbons (Fsp3) is 0.588. The highest BCUT2D eigenvalue weighted by Crippen LogP contribution is 2.51. The Hall–Kier alpha value is -1.16. The van der Waals surface area contributed by atoms with Crippen molar-refractivity contribution >= 4 is 13.5 Å². The maximum Gasteiger partial charge on any atom is 0.311 e. The van der Waals surface area contributed by atoms with Gasteiger partial charge in [-0.2, -0.15) is 0 Å². The van der Waals surface area contributed by atoms with E-state index in [1.165, 1.54) is 12.8 Å². The Morgan fingerprint density at radius 1 is 0.826 bits per heavy atom. The summed E-state index contributed by atoms with van der Waals surface area (Å²) < 4.78 is 17.9. The van der Waals surface area contributed by atoms with Gasteiger partial charge in [0.15, 0.2) is 0 Å². The number of carbonyl (C=O) groups excluding carboxylic acids is 1. The molecule has 2 saturated heterocycles. The Labute approximate surface area is 138 Å². The molecule has 2 heterocycles. The zero-order chi connectivity index (χ0) is 16.1. The van der Waals surface area contributed by atoms with Gasteiger partial charge >= 0.3 is 7.59 Å². The van der Waals surface area contributed by atoms with Gasteiger partial charge in [-0.25, -0.2) is 9.34 Å². The summed E-state index contributed by atoms with van der Waals surface area (Å²) in [5, 5.41) is 2.92. The number of benzene rings is 1. The number of amides is 1. The summed E-state index contributed by atoms with van der Waals surface area (Å²) in [5.74, 6) is -0.231. The van der Waals surface area contributed by atoms with Crippen LogP contribution in [-0.2, 0) is 4.57 Å². The molecular weight excluding hydrogens is 309 g/mol. The van der Waals surface area contributed by atoms with Gasteiger partial charge in [-0.3, -0.25) is 14.4 Å². The molecule has 1 N–H and O–H groups in total. The Morgan fingerprint density at radius 2 is 1.30 bits per heavy atom. The van der Waals surface area contributed by atoms with Crippen LogP contribution >= 0.6 is 7.59 Å². The Kier molecular flexibility index (Phi) is 5.52. The first-order chi connectivity index (χ1) is 11.2. The highest BCUT2D eigenvalue weighted by Gasteiger charge is 2.39. The highest BCUT2D eigenvalue weighted by molar-refractivity contribution is 7.57. The molecule has 5 nitrogen and oxygen atoms in total. The molecule has 3 rings (SSSR count). The molecule has 126 valence electrons. The summed E-state index contributed by atoms with van der Waals surface area (Å²) in [6, 6.07) is 9.09. The second kappa shape index (κ2) is 7.61. The van der Waals surface area contributed by atoms with E-state index in [1.54, 1.807) is 12.1 Å². The average molecular weight is 335 g/mol. The molecule has 0 spiro atoms. The van der Waals surface area contributed by atoms with Crippen molar-refractivity contribution in [3.05, 3.63) is 35.9 Å². The van der Waals surface area contributed by atoms with Crippen LogP contribution in [0.1, 0.15) is 48.9 Å². The molecule has 0 unspecified atom stereocenters. The number of carbonyl (C=O) groups is 1. The molecule has 0 radical (unpaired) electrons. The smallest absolute Gasteiger partial charge is 0.279 e. The standard InChI is InChI=1S/C17H26N3O2P/c21-17(16-10-4-1-5-11-16)18-23(22,19-12-6-2-7-13-19)20-14-8-3-9-15-20/h1,4-5,10-11H,2-3,6-9,12-15H2,(H,18,21,22). The predicted octanol–water partition coefficient (Wildman–Crippen LogP) is 3.50. The molecule has 2 aliphatic heterocycles. The van der Waals surface area contributed by atoms with Gasteiger partial charge < -0.3 is 0 Å². The lowest BCUT2D eigenvalue weighted by Gasteiger charge is -2.42. The zero-order valence-electron chi connectivity index (χ0n) is 13.6. The van der Waals surface area contributed by atoms with Crippen molar-refractivity contribution in [1.29, 1.82) is 0 Å². The van der Waals surface area contributed by atoms with E-state index in [0.29, 0.717) is 5.56 Å². The first-order valence-corrected chi connectivity index (χ1v) is 10.3. The highest BCUT2D eigenvalue weighted by atomic mass is 31.2. The SMILES string of the molecule is O=C(NP(=O)(N1CCCCC1)N1CCCCC1)c1ccccc1. The summed E-state index contributed by atoms with van der Waals surface area (Å²) >= 11 is 0. The molecule has 0 saturated carbocycles.